The second kappa shape index (κ2) is 11.4. The van der Waals surface area contributed by atoms with E-state index >= 15 is 0 Å². The zero-order valence-corrected chi connectivity index (χ0v) is 15.8. The van der Waals surface area contributed by atoms with Crippen LogP contribution in [0.3, 0.4) is 0 Å². The Bertz CT molecular complexity index is 588. The molecule has 11 heteroatoms. The van der Waals surface area contributed by atoms with Gasteiger partial charge in [-0.05, 0) is 0 Å². The van der Waals surface area contributed by atoms with E-state index in [9.17, 15) is 24.3 Å². The van der Waals surface area contributed by atoms with Crippen LogP contribution in [0.4, 0.5) is 0 Å². The summed E-state index contributed by atoms with van der Waals surface area (Å²) in [6.45, 7) is 5.77. The topological polar surface area (TPSA) is 144 Å². The number of rotatable bonds is 9. The molecule has 0 bridgehead atoms. The predicted octanol–water partition coefficient (Wildman–Crippen LogP) is -0.755. The fraction of sp³-hybridized carbons (Fsp3) is 0.647. The predicted molar refractivity (Wildman–Crippen MR) is 89.5 cm³/mol. The summed E-state index contributed by atoms with van der Waals surface area (Å²) in [5.41, 5.74) is 0. The van der Waals surface area contributed by atoms with Crippen molar-refractivity contribution in [3.8, 4) is 0 Å². The van der Waals surface area contributed by atoms with Gasteiger partial charge < -0.3 is 33.5 Å². The van der Waals surface area contributed by atoms with Crippen LogP contribution in [0.15, 0.2) is 12.7 Å². The lowest BCUT2D eigenvalue weighted by Gasteiger charge is -2.42. The summed E-state index contributed by atoms with van der Waals surface area (Å²) in [5.74, 6) is -2.89. The van der Waals surface area contributed by atoms with Gasteiger partial charge in [0.15, 0.2) is 18.5 Å². The highest BCUT2D eigenvalue weighted by molar-refractivity contribution is 5.70. The SMILES string of the molecule is C=CCOC(=O)CO[C@H]1O[C@H](COC(C)=O)[C@@H](OC(C)=O)[C@H](OC(C)=O)[C@H]1O. The van der Waals surface area contributed by atoms with Crippen LogP contribution in [0.1, 0.15) is 20.8 Å². The number of carbonyl (C=O) groups excluding carboxylic acids is 4. The minimum atomic E-state index is -1.60. The molecule has 1 aliphatic rings. The van der Waals surface area contributed by atoms with Gasteiger partial charge in [0.1, 0.15) is 32.0 Å². The molecule has 1 aliphatic heterocycles. The van der Waals surface area contributed by atoms with Crippen LogP contribution in [0.2, 0.25) is 0 Å². The first-order valence-corrected chi connectivity index (χ1v) is 8.35. The Hall–Kier alpha value is -2.50. The highest BCUT2D eigenvalue weighted by atomic mass is 16.7. The summed E-state index contributed by atoms with van der Waals surface area (Å²) in [4.78, 5) is 45.5. The molecule has 5 atom stereocenters. The quantitative estimate of drug-likeness (QED) is 0.294. The number of ether oxygens (including phenoxy) is 6. The molecule has 0 unspecified atom stereocenters. The number of hydrogen-bond donors (Lipinski definition) is 1. The van der Waals surface area contributed by atoms with Crippen molar-refractivity contribution in [1.82, 2.24) is 0 Å². The van der Waals surface area contributed by atoms with Crippen molar-refractivity contribution >= 4 is 23.9 Å². The fourth-order valence-electron chi connectivity index (χ4n) is 2.37. The van der Waals surface area contributed by atoms with Gasteiger partial charge >= 0.3 is 23.9 Å². The maximum atomic E-state index is 11.6. The van der Waals surface area contributed by atoms with Gasteiger partial charge in [-0.25, -0.2) is 4.79 Å². The monoisotopic (exact) mass is 404 g/mol. The normalized spacial score (nSPS) is 26.6. The minimum absolute atomic E-state index is 0.0318. The van der Waals surface area contributed by atoms with Gasteiger partial charge in [-0.1, -0.05) is 12.7 Å². The average Bonchev–Trinajstić information content (AvgIpc) is 2.60. The molecule has 0 saturated carbocycles. The van der Waals surface area contributed by atoms with Crippen LogP contribution in [0.5, 0.6) is 0 Å². The van der Waals surface area contributed by atoms with Gasteiger partial charge in [0, 0.05) is 20.8 Å². The van der Waals surface area contributed by atoms with Gasteiger partial charge in [0.2, 0.25) is 0 Å². The first kappa shape index (κ1) is 23.5. The molecule has 0 aromatic carbocycles. The molecule has 1 rings (SSSR count). The molecular weight excluding hydrogens is 380 g/mol. The third-order valence-corrected chi connectivity index (χ3v) is 3.40. The van der Waals surface area contributed by atoms with Crippen LogP contribution < -0.4 is 0 Å². The summed E-state index contributed by atoms with van der Waals surface area (Å²) < 4.78 is 30.5. The third kappa shape index (κ3) is 7.62. The Morgan fingerprint density at radius 3 is 2.14 bits per heavy atom. The van der Waals surface area contributed by atoms with E-state index < -0.39 is 61.2 Å². The van der Waals surface area contributed by atoms with Crippen molar-refractivity contribution in [3.05, 3.63) is 12.7 Å². The molecule has 1 saturated heterocycles. The Morgan fingerprint density at radius 2 is 1.61 bits per heavy atom. The van der Waals surface area contributed by atoms with Crippen LogP contribution in [0, 0.1) is 0 Å². The summed E-state index contributed by atoms with van der Waals surface area (Å²) in [5, 5.41) is 10.5. The molecule has 28 heavy (non-hydrogen) atoms. The van der Waals surface area contributed by atoms with Crippen molar-refractivity contribution < 1.29 is 52.7 Å². The summed E-state index contributed by atoms with van der Waals surface area (Å²) in [6, 6.07) is 0. The lowest BCUT2D eigenvalue weighted by Crippen LogP contribution is -2.62. The molecule has 0 amide bonds. The minimum Gasteiger partial charge on any atom is -0.463 e. The van der Waals surface area contributed by atoms with E-state index in [4.69, 9.17) is 28.4 Å². The van der Waals surface area contributed by atoms with Gasteiger partial charge in [0.25, 0.3) is 0 Å². The highest BCUT2D eigenvalue weighted by Gasteiger charge is 2.50. The van der Waals surface area contributed by atoms with E-state index in [0.717, 1.165) is 20.8 Å². The molecule has 1 N–H and O–H groups in total. The maximum Gasteiger partial charge on any atom is 0.332 e. The molecule has 1 heterocycles. The van der Waals surface area contributed by atoms with Gasteiger partial charge in [-0.15, -0.1) is 0 Å². The number of hydrogen-bond acceptors (Lipinski definition) is 11. The molecule has 11 nitrogen and oxygen atoms in total. The maximum absolute atomic E-state index is 11.6. The van der Waals surface area contributed by atoms with E-state index in [1.165, 1.54) is 6.08 Å². The number of aliphatic hydroxyl groups excluding tert-OH is 1. The van der Waals surface area contributed by atoms with E-state index in [-0.39, 0.29) is 13.2 Å². The van der Waals surface area contributed by atoms with Crippen LogP contribution >= 0.6 is 0 Å². The van der Waals surface area contributed by atoms with Gasteiger partial charge in [0.05, 0.1) is 0 Å². The zero-order chi connectivity index (χ0) is 21.3. The van der Waals surface area contributed by atoms with Crippen LogP contribution in [-0.4, -0.2) is 79.5 Å². The number of aliphatic hydroxyl groups is 1. The summed E-state index contributed by atoms with van der Waals surface area (Å²) in [7, 11) is 0. The molecule has 0 aromatic heterocycles. The Kier molecular flexibility index (Phi) is 9.56. The molecule has 0 radical (unpaired) electrons. The Morgan fingerprint density at radius 1 is 1.00 bits per heavy atom. The van der Waals surface area contributed by atoms with Crippen molar-refractivity contribution in [2.75, 3.05) is 19.8 Å². The van der Waals surface area contributed by atoms with E-state index in [1.807, 2.05) is 0 Å². The largest absolute Gasteiger partial charge is 0.463 e. The van der Waals surface area contributed by atoms with Crippen LogP contribution in [0.25, 0.3) is 0 Å². The standard InChI is InChI=1S/C17H24O11/c1-5-6-23-13(21)8-25-17-14(22)16(27-11(4)20)15(26-10(3)19)12(28-17)7-24-9(2)18/h5,12,14-17,22H,1,6-8H2,2-4H3/t12-,14-,15-,16-,17+/m1/s1. The number of carbonyl (C=O) groups is 4. The van der Waals surface area contributed by atoms with E-state index in [1.54, 1.807) is 0 Å². The zero-order valence-electron chi connectivity index (χ0n) is 15.8. The second-order valence-corrected chi connectivity index (χ2v) is 5.77. The van der Waals surface area contributed by atoms with Crippen molar-refractivity contribution in [1.29, 1.82) is 0 Å². The molecule has 158 valence electrons. The molecule has 0 spiro atoms. The Balaban J connectivity index is 2.97. The highest BCUT2D eigenvalue weighted by Crippen LogP contribution is 2.27. The Labute approximate surface area is 161 Å². The third-order valence-electron chi connectivity index (χ3n) is 3.40. The molecular formula is C17H24O11. The second-order valence-electron chi connectivity index (χ2n) is 5.77. The lowest BCUT2D eigenvalue weighted by atomic mass is 9.98. The lowest BCUT2D eigenvalue weighted by molar-refractivity contribution is -0.305. The van der Waals surface area contributed by atoms with Crippen molar-refractivity contribution in [2.45, 2.75) is 51.5 Å². The van der Waals surface area contributed by atoms with Crippen molar-refractivity contribution in [2.24, 2.45) is 0 Å². The smallest absolute Gasteiger partial charge is 0.332 e. The molecule has 0 aliphatic carbocycles. The summed E-state index contributed by atoms with van der Waals surface area (Å²) >= 11 is 0. The number of esters is 4. The first-order valence-electron chi connectivity index (χ1n) is 8.35. The van der Waals surface area contributed by atoms with Gasteiger partial charge in [-0.2, -0.15) is 0 Å². The van der Waals surface area contributed by atoms with E-state index in [0.29, 0.717) is 0 Å². The van der Waals surface area contributed by atoms with Crippen molar-refractivity contribution in [3.63, 3.8) is 0 Å². The fourth-order valence-corrected chi connectivity index (χ4v) is 2.37. The van der Waals surface area contributed by atoms with E-state index in [2.05, 4.69) is 6.58 Å². The molecule has 1 fully saturated rings. The van der Waals surface area contributed by atoms with Crippen LogP contribution in [-0.2, 0) is 47.6 Å². The van der Waals surface area contributed by atoms with Gasteiger partial charge in [-0.3, -0.25) is 14.4 Å². The first-order chi connectivity index (χ1) is 13.1. The molecule has 0 aromatic rings. The summed E-state index contributed by atoms with van der Waals surface area (Å²) in [6.07, 6.45) is -5.48. The average molecular weight is 404 g/mol.